The SMILES string of the molecule is CN(C)c1cccc(C(=O)Nc2cccc(Oc3ccnc(-c4ncno4)n3)c2)c1. The molecule has 0 radical (unpaired) electrons. The van der Waals surface area contributed by atoms with Crippen molar-refractivity contribution in [3.8, 4) is 23.3 Å². The van der Waals surface area contributed by atoms with Gasteiger partial charge in [-0.25, -0.2) is 4.98 Å². The minimum Gasteiger partial charge on any atom is -0.439 e. The molecule has 9 nitrogen and oxygen atoms in total. The lowest BCUT2D eigenvalue weighted by Crippen LogP contribution is -2.14. The molecule has 2 heterocycles. The molecule has 0 saturated heterocycles. The largest absolute Gasteiger partial charge is 0.439 e. The molecule has 150 valence electrons. The summed E-state index contributed by atoms with van der Waals surface area (Å²) in [6, 6.07) is 16.0. The van der Waals surface area contributed by atoms with Gasteiger partial charge in [-0.2, -0.15) is 9.97 Å². The van der Waals surface area contributed by atoms with E-state index in [9.17, 15) is 4.79 Å². The number of carbonyl (C=O) groups is 1. The van der Waals surface area contributed by atoms with Crippen LogP contribution in [-0.4, -0.2) is 40.1 Å². The van der Waals surface area contributed by atoms with E-state index in [1.54, 1.807) is 36.4 Å². The molecule has 9 heteroatoms. The molecule has 0 aliphatic heterocycles. The molecular formula is C21H18N6O3. The van der Waals surface area contributed by atoms with Crippen molar-refractivity contribution in [2.24, 2.45) is 0 Å². The van der Waals surface area contributed by atoms with Gasteiger partial charge in [0.25, 0.3) is 11.8 Å². The molecule has 0 spiro atoms. The maximum atomic E-state index is 12.6. The lowest BCUT2D eigenvalue weighted by Gasteiger charge is -2.13. The van der Waals surface area contributed by atoms with E-state index in [0.29, 0.717) is 22.9 Å². The number of hydrogen-bond acceptors (Lipinski definition) is 8. The second-order valence-electron chi connectivity index (χ2n) is 6.49. The van der Waals surface area contributed by atoms with Crippen molar-refractivity contribution in [1.82, 2.24) is 20.1 Å². The van der Waals surface area contributed by atoms with Crippen molar-refractivity contribution in [2.75, 3.05) is 24.3 Å². The molecule has 2 aromatic carbocycles. The Morgan fingerprint density at radius 3 is 2.73 bits per heavy atom. The molecule has 0 bridgehead atoms. The van der Waals surface area contributed by atoms with E-state index >= 15 is 0 Å². The average Bonchev–Trinajstić information content (AvgIpc) is 3.29. The van der Waals surface area contributed by atoms with Crippen LogP contribution in [0.25, 0.3) is 11.7 Å². The second-order valence-corrected chi connectivity index (χ2v) is 6.49. The fourth-order valence-corrected chi connectivity index (χ4v) is 2.66. The molecule has 0 unspecified atom stereocenters. The molecule has 0 atom stereocenters. The van der Waals surface area contributed by atoms with Gasteiger partial charge in [0, 0.05) is 49.4 Å². The number of aromatic nitrogens is 4. The van der Waals surface area contributed by atoms with E-state index in [1.807, 2.05) is 37.2 Å². The Hall–Kier alpha value is -4.27. The van der Waals surface area contributed by atoms with Crippen LogP contribution in [0.3, 0.4) is 0 Å². The van der Waals surface area contributed by atoms with Crippen molar-refractivity contribution in [3.63, 3.8) is 0 Å². The fourth-order valence-electron chi connectivity index (χ4n) is 2.66. The Balaban J connectivity index is 1.49. The number of hydrogen-bond donors (Lipinski definition) is 1. The maximum absolute atomic E-state index is 12.6. The molecular weight excluding hydrogens is 384 g/mol. The molecule has 0 aliphatic carbocycles. The number of rotatable bonds is 6. The molecule has 0 saturated carbocycles. The molecule has 1 amide bonds. The highest BCUT2D eigenvalue weighted by Gasteiger charge is 2.11. The van der Waals surface area contributed by atoms with Crippen LogP contribution in [0.15, 0.2) is 71.6 Å². The monoisotopic (exact) mass is 402 g/mol. The van der Waals surface area contributed by atoms with Crippen LogP contribution in [0.4, 0.5) is 11.4 Å². The number of ether oxygens (including phenoxy) is 1. The van der Waals surface area contributed by atoms with Crippen LogP contribution in [0.2, 0.25) is 0 Å². The standard InChI is InChI=1S/C21H18N6O3/c1-27(2)16-7-3-5-14(11-16)20(28)25-15-6-4-8-17(12-15)29-18-9-10-22-19(26-18)21-23-13-24-30-21/h3-13H,1-2H3,(H,25,28). The second kappa shape index (κ2) is 8.39. The van der Waals surface area contributed by atoms with Crippen LogP contribution < -0.4 is 15.0 Å². The van der Waals surface area contributed by atoms with Gasteiger partial charge in [-0.05, 0) is 30.3 Å². The zero-order valence-corrected chi connectivity index (χ0v) is 16.3. The van der Waals surface area contributed by atoms with E-state index < -0.39 is 0 Å². The van der Waals surface area contributed by atoms with Gasteiger partial charge in [-0.3, -0.25) is 4.79 Å². The van der Waals surface area contributed by atoms with Crippen LogP contribution in [0.5, 0.6) is 11.6 Å². The van der Waals surface area contributed by atoms with Crippen molar-refractivity contribution < 1.29 is 14.1 Å². The van der Waals surface area contributed by atoms with Gasteiger partial charge in [-0.15, -0.1) is 0 Å². The quantitative estimate of drug-likeness (QED) is 0.521. The lowest BCUT2D eigenvalue weighted by molar-refractivity contribution is 0.102. The number of nitrogens with one attached hydrogen (secondary N) is 1. The number of anilines is 2. The third-order valence-corrected chi connectivity index (χ3v) is 4.12. The third-order valence-electron chi connectivity index (χ3n) is 4.12. The summed E-state index contributed by atoms with van der Waals surface area (Å²) >= 11 is 0. The van der Waals surface area contributed by atoms with Gasteiger partial charge < -0.3 is 19.5 Å². The summed E-state index contributed by atoms with van der Waals surface area (Å²) in [5.74, 6) is 1.05. The average molecular weight is 402 g/mol. The number of amides is 1. The van der Waals surface area contributed by atoms with E-state index in [2.05, 4.69) is 25.4 Å². The summed E-state index contributed by atoms with van der Waals surface area (Å²) in [5.41, 5.74) is 2.10. The molecule has 0 aliphatic rings. The highest BCUT2D eigenvalue weighted by molar-refractivity contribution is 6.04. The van der Waals surface area contributed by atoms with Crippen molar-refractivity contribution >= 4 is 17.3 Å². The summed E-state index contributed by atoms with van der Waals surface area (Å²) < 4.78 is 10.8. The topological polar surface area (TPSA) is 106 Å². The van der Waals surface area contributed by atoms with Crippen LogP contribution in [-0.2, 0) is 0 Å². The third kappa shape index (κ3) is 4.41. The molecule has 2 aromatic heterocycles. The molecule has 4 rings (SSSR count). The first-order valence-corrected chi connectivity index (χ1v) is 9.05. The van der Waals surface area contributed by atoms with Gasteiger partial charge in [0.05, 0.1) is 0 Å². The van der Waals surface area contributed by atoms with Gasteiger partial charge in [0.15, 0.2) is 6.33 Å². The highest BCUT2D eigenvalue weighted by atomic mass is 16.5. The van der Waals surface area contributed by atoms with Crippen molar-refractivity contribution in [3.05, 3.63) is 72.7 Å². The summed E-state index contributed by atoms with van der Waals surface area (Å²) in [5, 5.41) is 6.42. The normalized spacial score (nSPS) is 10.5. The maximum Gasteiger partial charge on any atom is 0.295 e. The van der Waals surface area contributed by atoms with Crippen LogP contribution in [0, 0.1) is 0 Å². The summed E-state index contributed by atoms with van der Waals surface area (Å²) in [6.07, 6.45) is 2.80. The van der Waals surface area contributed by atoms with Crippen molar-refractivity contribution in [2.45, 2.75) is 0 Å². The summed E-state index contributed by atoms with van der Waals surface area (Å²) in [6.45, 7) is 0. The molecule has 4 aromatic rings. The first kappa shape index (κ1) is 19.1. The van der Waals surface area contributed by atoms with E-state index in [-0.39, 0.29) is 17.6 Å². The smallest absolute Gasteiger partial charge is 0.295 e. The number of carbonyl (C=O) groups excluding carboxylic acids is 1. The first-order valence-electron chi connectivity index (χ1n) is 9.05. The van der Waals surface area contributed by atoms with Crippen LogP contribution >= 0.6 is 0 Å². The molecule has 1 N–H and O–H groups in total. The lowest BCUT2D eigenvalue weighted by atomic mass is 10.1. The van der Waals surface area contributed by atoms with Gasteiger partial charge in [0.1, 0.15) is 5.75 Å². The summed E-state index contributed by atoms with van der Waals surface area (Å²) in [7, 11) is 3.85. The Morgan fingerprint density at radius 1 is 1.07 bits per heavy atom. The highest BCUT2D eigenvalue weighted by Crippen LogP contribution is 2.24. The molecule has 0 fully saturated rings. The van der Waals surface area contributed by atoms with Gasteiger partial charge in [-0.1, -0.05) is 17.3 Å². The number of nitrogens with zero attached hydrogens (tertiary/aromatic N) is 5. The first-order chi connectivity index (χ1) is 14.6. The van der Waals surface area contributed by atoms with Crippen LogP contribution in [0.1, 0.15) is 10.4 Å². The zero-order chi connectivity index (χ0) is 20.9. The van der Waals surface area contributed by atoms with Gasteiger partial charge >= 0.3 is 0 Å². The van der Waals surface area contributed by atoms with Crippen molar-refractivity contribution in [1.29, 1.82) is 0 Å². The summed E-state index contributed by atoms with van der Waals surface area (Å²) in [4.78, 5) is 26.8. The minimum atomic E-state index is -0.212. The Bertz CT molecular complexity index is 1160. The predicted octanol–water partition coefficient (Wildman–Crippen LogP) is 3.64. The zero-order valence-electron chi connectivity index (χ0n) is 16.3. The Morgan fingerprint density at radius 2 is 1.93 bits per heavy atom. The van der Waals surface area contributed by atoms with E-state index in [1.165, 1.54) is 12.5 Å². The Labute approximate surface area is 172 Å². The Kier molecular flexibility index (Phi) is 5.33. The van der Waals surface area contributed by atoms with E-state index in [0.717, 1.165) is 5.69 Å². The number of benzene rings is 2. The van der Waals surface area contributed by atoms with E-state index in [4.69, 9.17) is 9.26 Å². The predicted molar refractivity (Wildman–Crippen MR) is 111 cm³/mol. The minimum absolute atomic E-state index is 0.196. The fraction of sp³-hybridized carbons (Fsp3) is 0.0952. The van der Waals surface area contributed by atoms with Gasteiger partial charge in [0.2, 0.25) is 11.7 Å². The molecule has 30 heavy (non-hydrogen) atoms.